The van der Waals surface area contributed by atoms with Crippen LogP contribution >= 0.6 is 34.8 Å². The van der Waals surface area contributed by atoms with Gasteiger partial charge in [-0.15, -0.1) is 0 Å². The highest BCUT2D eigenvalue weighted by Gasteiger charge is 2.21. The molecule has 0 aromatic carbocycles. The van der Waals surface area contributed by atoms with Crippen molar-refractivity contribution in [1.82, 2.24) is 0 Å². The van der Waals surface area contributed by atoms with E-state index in [9.17, 15) is 0 Å². The van der Waals surface area contributed by atoms with Crippen LogP contribution in [-0.2, 0) is 0 Å². The third kappa shape index (κ3) is 4.59. The highest BCUT2D eigenvalue weighted by Crippen LogP contribution is 2.34. The Kier molecular flexibility index (Phi) is 4.22. The van der Waals surface area contributed by atoms with Gasteiger partial charge in [0.05, 0.1) is 0 Å². The first kappa shape index (κ1) is 10.7. The Balaban J connectivity index is 2.22. The van der Waals surface area contributed by atoms with Crippen LogP contribution in [0.15, 0.2) is 12.2 Å². The summed E-state index contributed by atoms with van der Waals surface area (Å²) in [5, 5.41) is 0. The Morgan fingerprint density at radius 3 is 2.58 bits per heavy atom. The zero-order chi connectivity index (χ0) is 9.03. The zero-order valence-corrected chi connectivity index (χ0v) is 9.17. The molecule has 0 fully saturated rings. The number of allylic oxidation sites excluding steroid dienone is 2. The van der Waals surface area contributed by atoms with Crippen molar-refractivity contribution in [3.63, 3.8) is 0 Å². The molecule has 0 spiro atoms. The summed E-state index contributed by atoms with van der Waals surface area (Å²) in [4.78, 5) is 0. The fourth-order valence-corrected chi connectivity index (χ4v) is 1.80. The number of hydrogen-bond donors (Lipinski definition) is 0. The Morgan fingerprint density at radius 1 is 1.33 bits per heavy atom. The lowest BCUT2D eigenvalue weighted by Gasteiger charge is -2.18. The molecule has 1 aliphatic rings. The molecule has 0 heterocycles. The highest BCUT2D eigenvalue weighted by atomic mass is 35.6. The van der Waals surface area contributed by atoms with E-state index in [0.29, 0.717) is 12.3 Å². The van der Waals surface area contributed by atoms with Crippen molar-refractivity contribution in [1.29, 1.82) is 0 Å². The molecule has 1 unspecified atom stereocenters. The first-order valence-corrected chi connectivity index (χ1v) is 5.45. The van der Waals surface area contributed by atoms with E-state index >= 15 is 0 Å². The summed E-state index contributed by atoms with van der Waals surface area (Å²) >= 11 is 17.0. The van der Waals surface area contributed by atoms with E-state index in [1.807, 2.05) is 0 Å². The van der Waals surface area contributed by atoms with Gasteiger partial charge >= 0.3 is 0 Å². The lowest BCUT2D eigenvalue weighted by Crippen LogP contribution is -2.07. The molecule has 0 saturated carbocycles. The van der Waals surface area contributed by atoms with Crippen molar-refractivity contribution in [3.8, 4) is 0 Å². The second-order valence-electron chi connectivity index (χ2n) is 3.27. The van der Waals surface area contributed by atoms with Crippen LogP contribution in [-0.4, -0.2) is 3.79 Å². The molecule has 0 nitrogen and oxygen atoms in total. The van der Waals surface area contributed by atoms with Crippen LogP contribution in [0.4, 0.5) is 0 Å². The topological polar surface area (TPSA) is 0 Å². The molecule has 0 saturated heterocycles. The first-order chi connectivity index (χ1) is 5.58. The van der Waals surface area contributed by atoms with Crippen molar-refractivity contribution in [2.24, 2.45) is 5.92 Å². The molecular weight excluding hydrogens is 214 g/mol. The molecule has 0 radical (unpaired) electrons. The van der Waals surface area contributed by atoms with Gasteiger partial charge in [0.15, 0.2) is 3.79 Å². The van der Waals surface area contributed by atoms with Crippen LogP contribution in [0, 0.1) is 5.92 Å². The van der Waals surface area contributed by atoms with Crippen molar-refractivity contribution >= 4 is 34.8 Å². The van der Waals surface area contributed by atoms with Gasteiger partial charge in [0.25, 0.3) is 0 Å². The molecule has 0 aliphatic heterocycles. The normalized spacial score (nSPS) is 24.4. The lowest BCUT2D eigenvalue weighted by molar-refractivity contribution is 0.492. The SMILES string of the molecule is ClC(Cl)(Cl)CCC1C=CCCC1. The van der Waals surface area contributed by atoms with Crippen LogP contribution < -0.4 is 0 Å². The minimum Gasteiger partial charge on any atom is -0.0883 e. The first-order valence-electron chi connectivity index (χ1n) is 4.31. The van der Waals surface area contributed by atoms with Crippen molar-refractivity contribution in [3.05, 3.63) is 12.2 Å². The molecule has 3 heteroatoms. The Morgan fingerprint density at radius 2 is 2.08 bits per heavy atom. The Labute approximate surface area is 88.9 Å². The predicted molar refractivity (Wildman–Crippen MR) is 56.0 cm³/mol. The number of hydrogen-bond acceptors (Lipinski definition) is 0. The lowest BCUT2D eigenvalue weighted by atomic mass is 9.92. The van der Waals surface area contributed by atoms with Gasteiger partial charge in [0, 0.05) is 0 Å². The van der Waals surface area contributed by atoms with Gasteiger partial charge in [0.2, 0.25) is 0 Å². The third-order valence-corrected chi connectivity index (χ3v) is 2.72. The monoisotopic (exact) mass is 226 g/mol. The smallest absolute Gasteiger partial charge is 0.0883 e. The van der Waals surface area contributed by atoms with E-state index in [0.717, 1.165) is 6.42 Å². The molecule has 70 valence electrons. The summed E-state index contributed by atoms with van der Waals surface area (Å²) in [6, 6.07) is 0. The largest absolute Gasteiger partial charge is 0.190 e. The van der Waals surface area contributed by atoms with Gasteiger partial charge in [-0.25, -0.2) is 0 Å². The average molecular weight is 228 g/mol. The van der Waals surface area contributed by atoms with Crippen LogP contribution in [0.3, 0.4) is 0 Å². The number of halogens is 3. The number of alkyl halides is 3. The van der Waals surface area contributed by atoms with Gasteiger partial charge < -0.3 is 0 Å². The molecule has 1 aliphatic carbocycles. The second-order valence-corrected chi connectivity index (χ2v) is 5.79. The molecule has 1 atom stereocenters. The van der Waals surface area contributed by atoms with Gasteiger partial charge in [0.1, 0.15) is 0 Å². The van der Waals surface area contributed by atoms with Gasteiger partial charge in [-0.05, 0) is 38.0 Å². The van der Waals surface area contributed by atoms with Crippen LogP contribution in [0.25, 0.3) is 0 Å². The van der Waals surface area contributed by atoms with E-state index in [4.69, 9.17) is 34.8 Å². The summed E-state index contributed by atoms with van der Waals surface area (Å²) in [5.41, 5.74) is 0. The molecule has 0 aromatic heterocycles. The van der Waals surface area contributed by atoms with Gasteiger partial charge in [-0.1, -0.05) is 47.0 Å². The molecular formula is C9H13Cl3. The van der Waals surface area contributed by atoms with Gasteiger partial charge in [-0.3, -0.25) is 0 Å². The number of rotatable bonds is 2. The highest BCUT2D eigenvalue weighted by molar-refractivity contribution is 6.67. The zero-order valence-electron chi connectivity index (χ0n) is 6.90. The maximum absolute atomic E-state index is 5.66. The maximum atomic E-state index is 5.66. The maximum Gasteiger partial charge on any atom is 0.190 e. The van der Waals surface area contributed by atoms with E-state index in [1.165, 1.54) is 19.3 Å². The van der Waals surface area contributed by atoms with E-state index in [1.54, 1.807) is 0 Å². The van der Waals surface area contributed by atoms with E-state index in [-0.39, 0.29) is 0 Å². The van der Waals surface area contributed by atoms with Crippen LogP contribution in [0.2, 0.25) is 0 Å². The van der Waals surface area contributed by atoms with E-state index in [2.05, 4.69) is 12.2 Å². The van der Waals surface area contributed by atoms with Gasteiger partial charge in [-0.2, -0.15) is 0 Å². The Bertz CT molecular complexity index is 158. The summed E-state index contributed by atoms with van der Waals surface area (Å²) in [7, 11) is 0. The fraction of sp³-hybridized carbons (Fsp3) is 0.778. The van der Waals surface area contributed by atoms with Crippen molar-refractivity contribution < 1.29 is 0 Å². The predicted octanol–water partition coefficient (Wildman–Crippen LogP) is 4.49. The average Bonchev–Trinajstić information content (AvgIpc) is 2.02. The van der Waals surface area contributed by atoms with Crippen LogP contribution in [0.5, 0.6) is 0 Å². The summed E-state index contributed by atoms with van der Waals surface area (Å²) in [6.07, 6.45) is 9.87. The van der Waals surface area contributed by atoms with Crippen LogP contribution in [0.1, 0.15) is 32.1 Å². The molecule has 0 aromatic rings. The summed E-state index contributed by atoms with van der Waals surface area (Å²) < 4.78 is -1.06. The standard InChI is InChI=1S/C9H13Cl3/c10-9(11,12)7-6-8-4-2-1-3-5-8/h2,4,8H,1,3,5-7H2. The molecule has 0 N–H and O–H groups in total. The molecule has 12 heavy (non-hydrogen) atoms. The molecule has 0 bridgehead atoms. The van der Waals surface area contributed by atoms with E-state index < -0.39 is 3.79 Å². The molecule has 1 rings (SSSR count). The van der Waals surface area contributed by atoms with Crippen molar-refractivity contribution in [2.45, 2.75) is 35.9 Å². The minimum atomic E-state index is -1.06. The second kappa shape index (κ2) is 4.74. The third-order valence-electron chi connectivity index (χ3n) is 2.15. The quantitative estimate of drug-likeness (QED) is 0.481. The minimum absolute atomic E-state index is 0.634. The Hall–Kier alpha value is 0.610. The summed E-state index contributed by atoms with van der Waals surface area (Å²) in [6.45, 7) is 0. The molecule has 0 amide bonds. The summed E-state index contributed by atoms with van der Waals surface area (Å²) in [5.74, 6) is 0.634. The fourth-order valence-electron chi connectivity index (χ4n) is 1.47. The van der Waals surface area contributed by atoms with Crippen molar-refractivity contribution in [2.75, 3.05) is 0 Å².